The molecule has 0 spiro atoms. The number of hydrogen-bond acceptors (Lipinski definition) is 3. The van der Waals surface area contributed by atoms with Crippen LogP contribution >= 0.6 is 7.80 Å². The molecule has 0 aromatic heterocycles. The molecule has 0 radical (unpaired) electrons. The largest absolute Gasteiger partial charge is 0.481 e. The van der Waals surface area contributed by atoms with Crippen molar-refractivity contribution in [1.82, 2.24) is 0 Å². The van der Waals surface area contributed by atoms with Crippen LogP contribution in [0.3, 0.4) is 0 Å². The first kappa shape index (κ1) is 9.46. The monoisotopic (exact) mass is 190 g/mol. The van der Waals surface area contributed by atoms with Crippen LogP contribution in [0.15, 0.2) is 0 Å². The minimum absolute atomic E-state index is 0.268. The van der Waals surface area contributed by atoms with Crippen LogP contribution in [0.5, 0.6) is 0 Å². The molecular formula is C7H11O4P. The van der Waals surface area contributed by atoms with Crippen LogP contribution in [0.1, 0.15) is 6.42 Å². The zero-order valence-electron chi connectivity index (χ0n) is 6.53. The lowest BCUT2D eigenvalue weighted by Crippen LogP contribution is -2.26. The number of carbonyl (C=O) groups excluding carboxylic acids is 1. The van der Waals surface area contributed by atoms with Crippen LogP contribution in [0.2, 0.25) is 0 Å². The Labute approximate surface area is 70.7 Å². The maximum absolute atomic E-state index is 11.1. The number of aliphatic carboxylic acids is 1. The second-order valence-electron chi connectivity index (χ2n) is 3.11. The fraction of sp³-hybridized carbons (Fsp3) is 0.714. The Morgan fingerprint density at radius 3 is 2.67 bits per heavy atom. The van der Waals surface area contributed by atoms with E-state index >= 15 is 0 Å². The highest BCUT2D eigenvalue weighted by molar-refractivity contribution is 7.44. The molecule has 4 nitrogen and oxygen atoms in total. The fourth-order valence-electron chi connectivity index (χ4n) is 1.47. The molecule has 0 aromatic rings. The summed E-state index contributed by atoms with van der Waals surface area (Å²) in [6.45, 7) is 0. The average molecular weight is 190 g/mol. The van der Waals surface area contributed by atoms with Crippen molar-refractivity contribution in [3.05, 3.63) is 0 Å². The molecule has 1 aliphatic rings. The summed E-state index contributed by atoms with van der Waals surface area (Å²) in [4.78, 5) is 20.9. The Balaban J connectivity index is 2.62. The van der Waals surface area contributed by atoms with Crippen molar-refractivity contribution in [3.8, 4) is 0 Å². The highest BCUT2D eigenvalue weighted by atomic mass is 31.1. The second kappa shape index (κ2) is 3.85. The molecule has 1 N–H and O–H groups in total. The molecule has 3 unspecified atom stereocenters. The number of rotatable bonds is 2. The molecule has 0 amide bonds. The molecule has 0 aliphatic carbocycles. The number of hydrogen-bond donors (Lipinski definition) is 1. The maximum atomic E-state index is 11.1. The van der Waals surface area contributed by atoms with E-state index in [1.54, 1.807) is 0 Å². The van der Waals surface area contributed by atoms with Crippen molar-refractivity contribution < 1.29 is 19.3 Å². The van der Waals surface area contributed by atoms with Crippen LogP contribution < -0.4 is 0 Å². The third kappa shape index (κ3) is 2.18. The summed E-state index contributed by atoms with van der Waals surface area (Å²) in [5.41, 5.74) is 0. The molecule has 1 saturated heterocycles. The Morgan fingerprint density at radius 2 is 2.17 bits per heavy atom. The van der Waals surface area contributed by atoms with Gasteiger partial charge in [0.05, 0.1) is 13.7 Å². The van der Waals surface area contributed by atoms with Crippen LogP contribution in [0.4, 0.5) is 0 Å². The molecule has 1 heterocycles. The molecule has 0 aromatic carbocycles. The Kier molecular flexibility index (Phi) is 3.04. The van der Waals surface area contributed by atoms with Gasteiger partial charge in [0.1, 0.15) is 6.29 Å². The number of carboxylic acids is 1. The van der Waals surface area contributed by atoms with Gasteiger partial charge in [0.25, 0.3) is 0 Å². The first-order chi connectivity index (χ1) is 5.63. The summed E-state index contributed by atoms with van der Waals surface area (Å²) in [6, 6.07) is 0. The predicted octanol–water partition coefficient (Wildman–Crippen LogP) is 0.466. The van der Waals surface area contributed by atoms with Gasteiger partial charge in [-0.2, -0.15) is 0 Å². The van der Waals surface area contributed by atoms with Crippen LogP contribution in [-0.4, -0.2) is 29.7 Å². The lowest BCUT2D eigenvalue weighted by Gasteiger charge is -2.21. The number of aldehydes is 1. The summed E-state index contributed by atoms with van der Waals surface area (Å²) >= 11 is 0. The first-order valence-corrected chi connectivity index (χ1v) is 5.65. The van der Waals surface area contributed by atoms with Gasteiger partial charge in [0.15, 0.2) is 0 Å². The highest BCUT2D eigenvalue weighted by Crippen LogP contribution is 2.36. The predicted molar refractivity (Wildman–Crippen MR) is 44.0 cm³/mol. The van der Waals surface area contributed by atoms with Crippen LogP contribution in [0, 0.1) is 11.8 Å². The van der Waals surface area contributed by atoms with Crippen molar-refractivity contribution in [2.24, 2.45) is 11.8 Å². The third-order valence-corrected chi connectivity index (χ3v) is 4.02. The molecule has 1 aliphatic heterocycles. The molecular weight excluding hydrogens is 179 g/mol. The van der Waals surface area contributed by atoms with Crippen molar-refractivity contribution in [2.75, 3.05) is 12.3 Å². The maximum Gasteiger partial charge on any atom is 0.306 e. The van der Waals surface area contributed by atoms with E-state index in [1.807, 2.05) is 0 Å². The van der Waals surface area contributed by atoms with Gasteiger partial charge in [-0.3, -0.25) is 4.79 Å². The van der Waals surface area contributed by atoms with Gasteiger partial charge in [-0.05, 0) is 6.42 Å². The topological polar surface area (TPSA) is 71.4 Å². The van der Waals surface area contributed by atoms with Gasteiger partial charge in [0, 0.05) is 18.2 Å². The van der Waals surface area contributed by atoms with Gasteiger partial charge in [-0.1, -0.05) is 0 Å². The Hall–Kier alpha value is -0.630. The molecule has 0 saturated carbocycles. The van der Waals surface area contributed by atoms with Gasteiger partial charge >= 0.3 is 5.97 Å². The summed E-state index contributed by atoms with van der Waals surface area (Å²) in [6.07, 6.45) is 1.75. The molecule has 3 atom stereocenters. The van der Waals surface area contributed by atoms with Crippen molar-refractivity contribution in [2.45, 2.75) is 6.42 Å². The van der Waals surface area contributed by atoms with Crippen LogP contribution in [0.25, 0.3) is 0 Å². The van der Waals surface area contributed by atoms with E-state index in [0.29, 0.717) is 12.6 Å². The number of carboxylic acid groups (broad SMARTS) is 1. The summed E-state index contributed by atoms with van der Waals surface area (Å²) in [5.74, 6) is -1.80. The minimum atomic E-state index is -1.81. The van der Waals surface area contributed by atoms with E-state index in [-0.39, 0.29) is 12.1 Å². The van der Waals surface area contributed by atoms with Gasteiger partial charge < -0.3 is 14.5 Å². The van der Waals surface area contributed by atoms with Gasteiger partial charge in [0.2, 0.25) is 0 Å². The van der Waals surface area contributed by atoms with E-state index in [0.717, 1.165) is 6.29 Å². The first-order valence-electron chi connectivity index (χ1n) is 3.83. The van der Waals surface area contributed by atoms with Crippen molar-refractivity contribution in [1.29, 1.82) is 0 Å². The van der Waals surface area contributed by atoms with E-state index < -0.39 is 19.7 Å². The normalized spacial score (nSPS) is 35.8. The third-order valence-electron chi connectivity index (χ3n) is 2.09. The highest BCUT2D eigenvalue weighted by Gasteiger charge is 2.30. The summed E-state index contributed by atoms with van der Waals surface area (Å²) < 4.78 is 11.1. The molecule has 1 fully saturated rings. The van der Waals surface area contributed by atoms with E-state index in [4.69, 9.17) is 5.11 Å². The molecule has 68 valence electrons. The quantitative estimate of drug-likeness (QED) is 0.507. The fourth-order valence-corrected chi connectivity index (χ4v) is 3.38. The molecule has 5 heteroatoms. The Bertz CT molecular complexity index is 225. The second-order valence-corrected chi connectivity index (χ2v) is 5.01. The zero-order valence-corrected chi connectivity index (χ0v) is 7.53. The minimum Gasteiger partial charge on any atom is -0.481 e. The average Bonchev–Trinajstić information content (AvgIpc) is 2.03. The van der Waals surface area contributed by atoms with E-state index in [1.165, 1.54) is 0 Å². The SMILES string of the molecule is O=CC1CC(C(=O)O)C[PH](=O)C1. The zero-order chi connectivity index (χ0) is 9.14. The number of carbonyl (C=O) groups is 2. The van der Waals surface area contributed by atoms with Gasteiger partial charge in [-0.25, -0.2) is 0 Å². The summed E-state index contributed by atoms with van der Waals surface area (Å²) in [5, 5.41) is 8.63. The standard InChI is InChI=1S/C7H11O4P/c8-2-5-1-6(7(9)10)4-12(11)3-5/h2,5-6,12H,1,3-4H2,(H,9,10). The molecule has 0 bridgehead atoms. The van der Waals surface area contributed by atoms with E-state index in [9.17, 15) is 14.2 Å². The smallest absolute Gasteiger partial charge is 0.306 e. The van der Waals surface area contributed by atoms with E-state index in [2.05, 4.69) is 0 Å². The molecule has 1 rings (SSSR count). The van der Waals surface area contributed by atoms with Crippen molar-refractivity contribution in [3.63, 3.8) is 0 Å². The lowest BCUT2D eigenvalue weighted by atomic mass is 9.98. The van der Waals surface area contributed by atoms with Crippen LogP contribution in [-0.2, 0) is 14.2 Å². The van der Waals surface area contributed by atoms with Crippen molar-refractivity contribution >= 4 is 20.1 Å². The lowest BCUT2D eigenvalue weighted by molar-refractivity contribution is -0.141. The summed E-state index contributed by atoms with van der Waals surface area (Å²) in [7, 11) is -1.81. The Morgan fingerprint density at radius 1 is 1.50 bits per heavy atom. The molecule has 12 heavy (non-hydrogen) atoms. The van der Waals surface area contributed by atoms with Gasteiger partial charge in [-0.15, -0.1) is 0 Å².